The van der Waals surface area contributed by atoms with Crippen molar-refractivity contribution >= 4 is 12.0 Å². The van der Waals surface area contributed by atoms with E-state index in [1.54, 1.807) is 4.90 Å². The summed E-state index contributed by atoms with van der Waals surface area (Å²) in [4.78, 5) is 24.5. The Kier molecular flexibility index (Phi) is 4.63. The Hall–Kier alpha value is -1.30. The zero-order valence-corrected chi connectivity index (χ0v) is 11.3. The molecule has 1 unspecified atom stereocenters. The van der Waals surface area contributed by atoms with E-state index in [4.69, 9.17) is 9.84 Å². The summed E-state index contributed by atoms with van der Waals surface area (Å²) >= 11 is 0. The molecule has 2 aliphatic rings. The van der Waals surface area contributed by atoms with Crippen LogP contribution in [0.25, 0.3) is 0 Å². The van der Waals surface area contributed by atoms with Crippen LogP contribution in [0.2, 0.25) is 0 Å². The summed E-state index contributed by atoms with van der Waals surface area (Å²) in [6.07, 6.45) is 3.27. The van der Waals surface area contributed by atoms with Gasteiger partial charge in [0, 0.05) is 26.2 Å². The molecule has 2 aliphatic heterocycles. The highest BCUT2D eigenvalue weighted by atomic mass is 16.5. The summed E-state index contributed by atoms with van der Waals surface area (Å²) in [7, 11) is 0. The van der Waals surface area contributed by atoms with Crippen LogP contribution in [-0.4, -0.2) is 54.4 Å². The predicted molar refractivity (Wildman–Crippen MR) is 68.9 cm³/mol. The molecule has 2 saturated heterocycles. The smallest absolute Gasteiger partial charge is 0.317 e. The Bertz CT molecular complexity index is 342. The number of carbonyl (C=O) groups is 2. The maximum absolute atomic E-state index is 11.9. The molecule has 108 valence electrons. The maximum atomic E-state index is 11.9. The molecule has 2 rings (SSSR count). The van der Waals surface area contributed by atoms with Crippen LogP contribution in [0.4, 0.5) is 4.79 Å². The molecule has 0 aliphatic carbocycles. The van der Waals surface area contributed by atoms with E-state index in [0.717, 1.165) is 25.9 Å². The summed E-state index contributed by atoms with van der Waals surface area (Å²) in [6, 6.07) is -0.159. The molecule has 0 radical (unpaired) electrons. The second-order valence-corrected chi connectivity index (χ2v) is 5.48. The van der Waals surface area contributed by atoms with Gasteiger partial charge in [0.1, 0.15) is 0 Å². The molecule has 0 bridgehead atoms. The molecule has 0 aromatic rings. The van der Waals surface area contributed by atoms with Crippen molar-refractivity contribution < 1.29 is 19.4 Å². The number of aliphatic carboxylic acids is 1. The Labute approximate surface area is 113 Å². The van der Waals surface area contributed by atoms with E-state index in [1.165, 1.54) is 0 Å². The first-order chi connectivity index (χ1) is 9.08. The molecule has 0 spiro atoms. The molecule has 2 amide bonds. The summed E-state index contributed by atoms with van der Waals surface area (Å²) in [5.74, 6) is -1.24. The lowest BCUT2D eigenvalue weighted by atomic mass is 9.99. The van der Waals surface area contributed by atoms with Crippen molar-refractivity contribution in [2.75, 3.05) is 26.2 Å². The maximum Gasteiger partial charge on any atom is 0.317 e. The van der Waals surface area contributed by atoms with Crippen molar-refractivity contribution in [2.24, 2.45) is 11.8 Å². The van der Waals surface area contributed by atoms with Crippen molar-refractivity contribution in [1.29, 1.82) is 0 Å². The number of carbonyl (C=O) groups excluding carboxylic acids is 1. The highest BCUT2D eigenvalue weighted by Crippen LogP contribution is 2.23. The monoisotopic (exact) mass is 270 g/mol. The Morgan fingerprint density at radius 3 is 2.79 bits per heavy atom. The van der Waals surface area contributed by atoms with E-state index in [2.05, 4.69) is 5.32 Å². The molecule has 6 heteroatoms. The number of nitrogens with zero attached hydrogens (tertiary/aromatic N) is 1. The van der Waals surface area contributed by atoms with Crippen molar-refractivity contribution in [3.63, 3.8) is 0 Å². The van der Waals surface area contributed by atoms with Gasteiger partial charge in [-0.05, 0) is 25.2 Å². The van der Waals surface area contributed by atoms with Crippen molar-refractivity contribution in [3.05, 3.63) is 0 Å². The summed E-state index contributed by atoms with van der Waals surface area (Å²) in [5.41, 5.74) is 0. The number of hydrogen-bond donors (Lipinski definition) is 2. The number of amides is 2. The van der Waals surface area contributed by atoms with Gasteiger partial charge in [-0.25, -0.2) is 4.79 Å². The minimum atomic E-state index is -0.817. The van der Waals surface area contributed by atoms with Crippen LogP contribution < -0.4 is 5.32 Å². The van der Waals surface area contributed by atoms with E-state index >= 15 is 0 Å². The van der Waals surface area contributed by atoms with E-state index in [1.807, 2.05) is 6.92 Å². The second kappa shape index (κ2) is 6.23. The minimum Gasteiger partial charge on any atom is -0.481 e. The van der Waals surface area contributed by atoms with Crippen molar-refractivity contribution in [3.8, 4) is 0 Å². The fraction of sp³-hybridized carbons (Fsp3) is 0.846. The van der Waals surface area contributed by atoms with Gasteiger partial charge in [0.25, 0.3) is 0 Å². The SMILES string of the molecule is C[C@@H]1CN(C(=O)NCCC2CCCO2)C[C@H]1C(=O)O. The van der Waals surface area contributed by atoms with Gasteiger partial charge in [0.05, 0.1) is 12.0 Å². The molecule has 0 aromatic heterocycles. The highest BCUT2D eigenvalue weighted by Gasteiger charge is 2.36. The quantitative estimate of drug-likeness (QED) is 0.796. The molecule has 2 heterocycles. The van der Waals surface area contributed by atoms with Gasteiger partial charge in [0.15, 0.2) is 0 Å². The zero-order valence-electron chi connectivity index (χ0n) is 11.3. The number of ether oxygens (including phenoxy) is 1. The second-order valence-electron chi connectivity index (χ2n) is 5.48. The van der Waals surface area contributed by atoms with Gasteiger partial charge in [-0.15, -0.1) is 0 Å². The first-order valence-electron chi connectivity index (χ1n) is 6.95. The first-order valence-corrected chi connectivity index (χ1v) is 6.95. The molecule has 0 aromatic carbocycles. The number of carboxylic acid groups (broad SMARTS) is 1. The summed E-state index contributed by atoms with van der Waals surface area (Å²) < 4.78 is 5.48. The third-order valence-electron chi connectivity index (χ3n) is 3.98. The normalized spacial score (nSPS) is 30.6. The average Bonchev–Trinajstić information content (AvgIpc) is 2.98. The molecule has 0 saturated carbocycles. The minimum absolute atomic E-state index is 0.0152. The van der Waals surface area contributed by atoms with Crippen LogP contribution in [0.3, 0.4) is 0 Å². The molecular weight excluding hydrogens is 248 g/mol. The third kappa shape index (κ3) is 3.59. The zero-order chi connectivity index (χ0) is 13.8. The molecule has 3 atom stereocenters. The van der Waals surface area contributed by atoms with Crippen molar-refractivity contribution in [1.82, 2.24) is 10.2 Å². The number of nitrogens with one attached hydrogen (secondary N) is 1. The number of carboxylic acids is 1. The first kappa shape index (κ1) is 14.1. The fourth-order valence-electron chi connectivity index (χ4n) is 2.78. The largest absolute Gasteiger partial charge is 0.481 e. The Balaban J connectivity index is 1.70. The van der Waals surface area contributed by atoms with Gasteiger partial charge in [-0.3, -0.25) is 4.79 Å². The van der Waals surface area contributed by atoms with Crippen LogP contribution in [0, 0.1) is 11.8 Å². The number of likely N-dealkylation sites (tertiary alicyclic amines) is 1. The predicted octanol–water partition coefficient (Wildman–Crippen LogP) is 0.918. The fourth-order valence-corrected chi connectivity index (χ4v) is 2.78. The Morgan fingerprint density at radius 1 is 1.42 bits per heavy atom. The number of urea groups is 1. The van der Waals surface area contributed by atoms with Crippen LogP contribution in [0.15, 0.2) is 0 Å². The summed E-state index contributed by atoms with van der Waals surface area (Å²) in [5, 5.41) is 11.9. The lowest BCUT2D eigenvalue weighted by Gasteiger charge is -2.17. The van der Waals surface area contributed by atoms with E-state index in [-0.39, 0.29) is 18.1 Å². The summed E-state index contributed by atoms with van der Waals surface area (Å²) in [6.45, 7) is 4.11. The van der Waals surface area contributed by atoms with Crippen LogP contribution in [-0.2, 0) is 9.53 Å². The molecule has 6 nitrogen and oxygen atoms in total. The average molecular weight is 270 g/mol. The number of hydrogen-bond acceptors (Lipinski definition) is 3. The topological polar surface area (TPSA) is 78.9 Å². The van der Waals surface area contributed by atoms with Crippen LogP contribution in [0.5, 0.6) is 0 Å². The van der Waals surface area contributed by atoms with Gasteiger partial charge in [-0.2, -0.15) is 0 Å². The number of rotatable bonds is 4. The third-order valence-corrected chi connectivity index (χ3v) is 3.98. The standard InChI is InChI=1S/C13H22N2O4/c1-9-7-15(8-11(9)12(16)17)13(18)14-5-4-10-3-2-6-19-10/h9-11H,2-8H2,1H3,(H,14,18)(H,16,17)/t9-,10?,11-/m1/s1. The molecule has 2 fully saturated rings. The van der Waals surface area contributed by atoms with Gasteiger partial charge in [0.2, 0.25) is 0 Å². The van der Waals surface area contributed by atoms with Gasteiger partial charge < -0.3 is 20.1 Å². The van der Waals surface area contributed by atoms with E-state index in [9.17, 15) is 9.59 Å². The van der Waals surface area contributed by atoms with Gasteiger partial charge >= 0.3 is 12.0 Å². The molecular formula is C13H22N2O4. The van der Waals surface area contributed by atoms with E-state index in [0.29, 0.717) is 19.6 Å². The Morgan fingerprint density at radius 2 is 2.21 bits per heavy atom. The molecule has 19 heavy (non-hydrogen) atoms. The van der Waals surface area contributed by atoms with Gasteiger partial charge in [-0.1, -0.05) is 6.92 Å². The van der Waals surface area contributed by atoms with Crippen LogP contribution in [0.1, 0.15) is 26.2 Å². The lowest BCUT2D eigenvalue weighted by Crippen LogP contribution is -2.40. The van der Waals surface area contributed by atoms with Crippen LogP contribution >= 0.6 is 0 Å². The van der Waals surface area contributed by atoms with Crippen molar-refractivity contribution in [2.45, 2.75) is 32.3 Å². The highest BCUT2D eigenvalue weighted by molar-refractivity contribution is 5.77. The lowest BCUT2D eigenvalue weighted by molar-refractivity contribution is -0.142. The molecule has 2 N–H and O–H groups in total. The van der Waals surface area contributed by atoms with E-state index < -0.39 is 11.9 Å².